The molecule has 1 amide bonds. The van der Waals surface area contributed by atoms with E-state index in [2.05, 4.69) is 15.3 Å². The third-order valence-electron chi connectivity index (χ3n) is 5.09. The van der Waals surface area contributed by atoms with Gasteiger partial charge in [0.2, 0.25) is 11.8 Å². The van der Waals surface area contributed by atoms with Crippen molar-refractivity contribution in [3.8, 4) is 11.6 Å². The molecule has 0 radical (unpaired) electrons. The van der Waals surface area contributed by atoms with Crippen LogP contribution in [0.4, 0.5) is 8.78 Å². The summed E-state index contributed by atoms with van der Waals surface area (Å²) in [4.78, 5) is 21.8. The number of rotatable bonds is 7. The molecular formula is C23H27F2N3O4S. The third-order valence-corrected chi connectivity index (χ3v) is 5.74. The molecule has 3 rings (SSSR count). The number of carbonyl (C=O) groups excluding carboxylic acids is 1. The summed E-state index contributed by atoms with van der Waals surface area (Å²) in [6.07, 6.45) is 2.66. The number of aromatic nitrogens is 2. The number of benzene rings is 1. The number of alkyl halides is 2. The van der Waals surface area contributed by atoms with Gasteiger partial charge in [-0.15, -0.1) is 0 Å². The number of nitrogens with zero attached hydrogens (tertiary/aromatic N) is 2. The van der Waals surface area contributed by atoms with Crippen LogP contribution in [0.15, 0.2) is 48.0 Å². The van der Waals surface area contributed by atoms with Gasteiger partial charge < -0.3 is 10.1 Å². The van der Waals surface area contributed by atoms with Crippen molar-refractivity contribution in [3.63, 3.8) is 0 Å². The fraction of sp³-hybridized carbons (Fsp3) is 0.435. The molecule has 1 N–H and O–H groups in total. The molecule has 1 heterocycles. The number of amides is 1. The van der Waals surface area contributed by atoms with Crippen LogP contribution in [0.5, 0.6) is 11.6 Å². The summed E-state index contributed by atoms with van der Waals surface area (Å²) in [6.45, 7) is 5.74. The standard InChI is InChI=1S/C23H27F2N3O4S/c1-22(2,3)21-26-14-17(20(28-21)32-16-8-6-5-7-9-16)19(29)27-18(10-11-33(4,30)31)15-12-23(24,25)13-15/h5-11,14-15,18H,12-13H2,1-4H3,(H,27,29). The SMILES string of the molecule is CC(C)(C)c1ncc(C(=O)NC(C=CS(C)(=O)=O)C2CC(F)(F)C2)c(Oc2ccccc2)n1. The number of sulfone groups is 1. The van der Waals surface area contributed by atoms with Crippen molar-refractivity contribution in [2.75, 3.05) is 6.26 Å². The highest BCUT2D eigenvalue weighted by Gasteiger charge is 2.48. The molecule has 178 valence electrons. The first-order valence-corrected chi connectivity index (χ1v) is 12.4. The molecule has 2 aromatic rings. The molecule has 1 aliphatic carbocycles. The maximum absolute atomic E-state index is 13.5. The van der Waals surface area contributed by atoms with E-state index in [0.29, 0.717) is 11.6 Å². The summed E-state index contributed by atoms with van der Waals surface area (Å²) >= 11 is 0. The number of ether oxygens (including phenoxy) is 1. The lowest BCUT2D eigenvalue weighted by molar-refractivity contribution is -0.114. The summed E-state index contributed by atoms with van der Waals surface area (Å²) in [6, 6.07) is 7.85. The summed E-state index contributed by atoms with van der Waals surface area (Å²) in [5.41, 5.74) is -0.405. The highest BCUT2D eigenvalue weighted by Crippen LogP contribution is 2.44. The Labute approximate surface area is 192 Å². The molecule has 0 spiro atoms. The molecule has 33 heavy (non-hydrogen) atoms. The lowest BCUT2D eigenvalue weighted by atomic mass is 9.76. The van der Waals surface area contributed by atoms with E-state index in [-0.39, 0.29) is 11.4 Å². The van der Waals surface area contributed by atoms with Gasteiger partial charge in [-0.05, 0) is 18.1 Å². The highest BCUT2D eigenvalue weighted by atomic mass is 32.2. The molecule has 10 heteroatoms. The van der Waals surface area contributed by atoms with Gasteiger partial charge >= 0.3 is 0 Å². The molecule has 1 saturated carbocycles. The van der Waals surface area contributed by atoms with Gasteiger partial charge in [-0.1, -0.05) is 45.0 Å². The second kappa shape index (κ2) is 9.17. The Morgan fingerprint density at radius 3 is 2.42 bits per heavy atom. The van der Waals surface area contributed by atoms with Crippen molar-refractivity contribution < 1.29 is 26.7 Å². The van der Waals surface area contributed by atoms with Crippen molar-refractivity contribution in [3.05, 3.63) is 59.4 Å². The largest absolute Gasteiger partial charge is 0.438 e. The van der Waals surface area contributed by atoms with Gasteiger partial charge in [0.1, 0.15) is 17.1 Å². The Bertz CT molecular complexity index is 1140. The first-order valence-electron chi connectivity index (χ1n) is 10.4. The minimum atomic E-state index is -3.51. The molecule has 1 aromatic carbocycles. The highest BCUT2D eigenvalue weighted by molar-refractivity contribution is 7.93. The molecule has 7 nitrogen and oxygen atoms in total. The average Bonchev–Trinajstić information content (AvgIpc) is 2.68. The Kier molecular flexibility index (Phi) is 6.88. The normalized spacial score (nSPS) is 17.4. The monoisotopic (exact) mass is 479 g/mol. The van der Waals surface area contributed by atoms with E-state index in [1.165, 1.54) is 12.3 Å². The lowest BCUT2D eigenvalue weighted by Gasteiger charge is -2.39. The van der Waals surface area contributed by atoms with Crippen LogP contribution in [-0.2, 0) is 15.3 Å². The maximum Gasteiger partial charge on any atom is 0.258 e. The molecular weight excluding hydrogens is 452 g/mol. The molecule has 0 bridgehead atoms. The van der Waals surface area contributed by atoms with Crippen LogP contribution in [0, 0.1) is 5.92 Å². The molecule has 0 saturated heterocycles. The predicted octanol–water partition coefficient (Wildman–Crippen LogP) is 4.27. The molecule has 1 aromatic heterocycles. The van der Waals surface area contributed by atoms with Gasteiger partial charge in [0.05, 0.1) is 6.04 Å². The first kappa shape index (κ1) is 24.8. The quantitative estimate of drug-likeness (QED) is 0.637. The fourth-order valence-electron chi connectivity index (χ4n) is 3.30. The molecule has 1 aliphatic rings. The van der Waals surface area contributed by atoms with E-state index in [4.69, 9.17) is 4.74 Å². The number of halogens is 2. The van der Waals surface area contributed by atoms with E-state index < -0.39 is 51.9 Å². The number of carbonyl (C=O) groups is 1. The topological polar surface area (TPSA) is 98.2 Å². The summed E-state index contributed by atoms with van der Waals surface area (Å²) in [5, 5.41) is 3.56. The Morgan fingerprint density at radius 1 is 1.24 bits per heavy atom. The van der Waals surface area contributed by atoms with Crippen LogP contribution < -0.4 is 10.1 Å². The van der Waals surface area contributed by atoms with Crippen molar-refractivity contribution in [2.45, 2.75) is 51.0 Å². The van der Waals surface area contributed by atoms with Crippen LogP contribution in [0.2, 0.25) is 0 Å². The zero-order valence-corrected chi connectivity index (χ0v) is 19.7. The van der Waals surface area contributed by atoms with Crippen LogP contribution in [-0.4, -0.2) is 42.5 Å². The van der Waals surface area contributed by atoms with Crippen molar-refractivity contribution in [1.29, 1.82) is 0 Å². The minimum Gasteiger partial charge on any atom is -0.438 e. The average molecular weight is 480 g/mol. The van der Waals surface area contributed by atoms with Gasteiger partial charge in [0, 0.05) is 36.1 Å². The van der Waals surface area contributed by atoms with E-state index >= 15 is 0 Å². The van der Waals surface area contributed by atoms with Gasteiger partial charge in [0.25, 0.3) is 5.91 Å². The first-order chi connectivity index (χ1) is 15.2. The van der Waals surface area contributed by atoms with Crippen LogP contribution >= 0.6 is 0 Å². The minimum absolute atomic E-state index is 0.00990. The number of hydrogen-bond acceptors (Lipinski definition) is 6. The Hall–Kier alpha value is -2.88. The number of para-hydroxylation sites is 1. The third kappa shape index (κ3) is 6.80. The van der Waals surface area contributed by atoms with Crippen LogP contribution in [0.1, 0.15) is 49.8 Å². The Morgan fingerprint density at radius 2 is 1.88 bits per heavy atom. The second-order valence-corrected chi connectivity index (χ2v) is 11.2. The van der Waals surface area contributed by atoms with Gasteiger partial charge in [-0.3, -0.25) is 4.79 Å². The van der Waals surface area contributed by atoms with Crippen molar-refractivity contribution >= 4 is 15.7 Å². The predicted molar refractivity (Wildman–Crippen MR) is 120 cm³/mol. The summed E-state index contributed by atoms with van der Waals surface area (Å²) in [5.74, 6) is -3.15. The summed E-state index contributed by atoms with van der Waals surface area (Å²) < 4.78 is 55.8. The van der Waals surface area contributed by atoms with E-state index in [0.717, 1.165) is 11.7 Å². The number of nitrogens with one attached hydrogen (secondary N) is 1. The fourth-order valence-corrected chi connectivity index (χ4v) is 3.76. The molecule has 1 fully saturated rings. The Balaban J connectivity index is 1.92. The van der Waals surface area contributed by atoms with Gasteiger partial charge in [0.15, 0.2) is 9.84 Å². The molecule has 1 atom stereocenters. The van der Waals surface area contributed by atoms with Gasteiger partial charge in [-0.25, -0.2) is 22.2 Å². The van der Waals surface area contributed by atoms with Crippen molar-refractivity contribution in [2.24, 2.45) is 5.92 Å². The van der Waals surface area contributed by atoms with E-state index in [9.17, 15) is 22.0 Å². The van der Waals surface area contributed by atoms with Crippen LogP contribution in [0.3, 0.4) is 0 Å². The van der Waals surface area contributed by atoms with E-state index in [1.807, 2.05) is 26.8 Å². The van der Waals surface area contributed by atoms with Crippen molar-refractivity contribution in [1.82, 2.24) is 15.3 Å². The smallest absolute Gasteiger partial charge is 0.258 e. The van der Waals surface area contributed by atoms with Gasteiger partial charge in [-0.2, -0.15) is 4.98 Å². The molecule has 0 aliphatic heterocycles. The number of hydrogen-bond donors (Lipinski definition) is 1. The zero-order chi connectivity index (χ0) is 24.4. The maximum atomic E-state index is 13.5. The zero-order valence-electron chi connectivity index (χ0n) is 18.9. The van der Waals surface area contributed by atoms with Crippen LogP contribution in [0.25, 0.3) is 0 Å². The van der Waals surface area contributed by atoms with E-state index in [1.54, 1.807) is 24.3 Å². The molecule has 1 unspecified atom stereocenters. The second-order valence-electron chi connectivity index (χ2n) is 9.26. The summed E-state index contributed by atoms with van der Waals surface area (Å²) in [7, 11) is -3.51. The lowest BCUT2D eigenvalue weighted by Crippen LogP contribution is -2.49.